The number of phosphoric ester groups is 1. The van der Waals surface area contributed by atoms with Gasteiger partial charge in [0.15, 0.2) is 0 Å². The number of benzene rings is 2. The molecule has 0 unspecified atom stereocenters. The number of hydrogen-bond acceptors (Lipinski definition) is 16. The summed E-state index contributed by atoms with van der Waals surface area (Å²) in [6.45, 7) is 6.51. The van der Waals surface area contributed by atoms with Crippen molar-refractivity contribution in [2.45, 2.75) is 177 Å². The summed E-state index contributed by atoms with van der Waals surface area (Å²) in [4.78, 5) is 179. The van der Waals surface area contributed by atoms with Crippen LogP contribution >= 0.6 is 30.9 Å². The Kier molecular flexibility index (Phi) is 27.8. The van der Waals surface area contributed by atoms with Crippen LogP contribution in [0.5, 0.6) is 0 Å². The van der Waals surface area contributed by atoms with Gasteiger partial charge in [0, 0.05) is 62.1 Å². The minimum atomic E-state index is -5.39. The van der Waals surface area contributed by atoms with Crippen molar-refractivity contribution in [3.05, 3.63) is 70.4 Å². The van der Waals surface area contributed by atoms with E-state index in [1.807, 2.05) is 30.0 Å². The second-order valence-electron chi connectivity index (χ2n) is 22.1. The molecule has 16 N–H and O–H groups in total. The molecule has 488 valence electrons. The molecule has 2 fully saturated rings. The number of hydrogen-bond donors (Lipinski definition) is 14. The first-order chi connectivity index (χ1) is 42.0. The molecule has 1 aromatic heterocycles. The highest BCUT2D eigenvalue weighted by Crippen LogP contribution is 2.38. The minimum Gasteiger partial charge on any atom is -0.370 e. The number of phosphoric acid groups is 1. The van der Waals surface area contributed by atoms with Crippen LogP contribution in [0.25, 0.3) is 10.8 Å². The summed E-state index contributed by atoms with van der Waals surface area (Å²) in [7, 11) is -4.25. The van der Waals surface area contributed by atoms with Gasteiger partial charge in [0.05, 0.1) is 18.2 Å². The number of primary amides is 2. The number of fused-ring (bicyclic) bond motifs is 2. The average molecular weight is 1300 g/mol. The molecule has 12 atom stereocenters. The Bertz CT molecular complexity index is 3080. The van der Waals surface area contributed by atoms with E-state index in [4.69, 9.17) is 16.0 Å². The number of nitrogens with two attached hydrogens (primary N) is 2. The number of carbonyl (C=O) groups excluding carboxylic acids is 12. The van der Waals surface area contributed by atoms with Crippen molar-refractivity contribution < 1.29 is 76.4 Å². The Balaban J connectivity index is 1.19. The fraction of sp³-hybridized carbons (Fsp3) is 0.544. The van der Waals surface area contributed by atoms with E-state index in [0.717, 1.165) is 48.2 Å². The molecule has 2 aliphatic rings. The zero-order valence-electron chi connectivity index (χ0n) is 50.4. The van der Waals surface area contributed by atoms with Crippen LogP contribution in [0.2, 0.25) is 0 Å². The summed E-state index contributed by atoms with van der Waals surface area (Å²) in [6, 6.07) is 4.49. The molecule has 0 spiro atoms. The standard InChI is InChI=1S/C57H82N13O16PS2/c1-30(62-53(78)40(63-34(5)71)17-11-12-24-60-46(73)19-10-9-18-44-48-43(29-89-44)67-57(82)69-48)50(75)61-31(2)51(76)65-42(28-38-16-13-25-88-38)55(80)68-47(33(4)86-87(83,84)85)56(81)70(6)32(3)52(77)66-41(54(79)64-39(49(59)74)22-23-45(58)72)27-35-20-21-36-14-7-8-15-37(36)26-35/h7-8,13-16,20-21,25-26,30-33,39-44,47-48H,9-12,17-19,22-24,27-29H2,1-6H3,(H2,58,72)(H2,59,74)(H,60,73)(H,61,75)(H,62,78)(H,63,71)(H,64,79)(H,65,76)(H,66,77)(H,68,80)(H2,67,69,82)(H2,83,84,85)/t30-,31-,32-,33-,39-,40-,41-,42-,43-,44-,47-,48-/m0/s1. The van der Waals surface area contributed by atoms with E-state index in [0.29, 0.717) is 47.9 Å². The smallest absolute Gasteiger partial charge is 0.370 e. The zero-order chi connectivity index (χ0) is 65.7. The number of thiophene rings is 1. The van der Waals surface area contributed by atoms with E-state index in [9.17, 15) is 71.9 Å². The number of urea groups is 1. The number of carbonyl (C=O) groups is 12. The maximum Gasteiger partial charge on any atom is 0.469 e. The number of amides is 13. The van der Waals surface area contributed by atoms with Gasteiger partial charge in [-0.05, 0) is 94.0 Å². The van der Waals surface area contributed by atoms with Crippen LogP contribution < -0.4 is 64.6 Å². The third-order valence-electron chi connectivity index (χ3n) is 15.0. The number of unbranched alkanes of at least 4 members (excludes halogenated alkanes) is 2. The van der Waals surface area contributed by atoms with Crippen molar-refractivity contribution in [2.24, 2.45) is 11.5 Å². The van der Waals surface area contributed by atoms with Gasteiger partial charge in [0.25, 0.3) is 0 Å². The van der Waals surface area contributed by atoms with E-state index in [-0.39, 0.29) is 56.1 Å². The van der Waals surface area contributed by atoms with Gasteiger partial charge in [0.1, 0.15) is 48.3 Å². The van der Waals surface area contributed by atoms with Crippen LogP contribution in [-0.2, 0) is 74.7 Å². The molecule has 32 heteroatoms. The van der Waals surface area contributed by atoms with Crippen molar-refractivity contribution in [2.75, 3.05) is 19.3 Å². The fourth-order valence-corrected chi connectivity index (χ4v) is 12.8. The Labute approximate surface area is 523 Å². The Morgan fingerprint density at radius 2 is 1.33 bits per heavy atom. The summed E-state index contributed by atoms with van der Waals surface area (Å²) in [6.07, 6.45) is 1.04. The molecule has 5 rings (SSSR count). The molecule has 2 aromatic carbocycles. The topological polar surface area (TPSA) is 447 Å². The highest BCUT2D eigenvalue weighted by Gasteiger charge is 2.43. The molecule has 29 nitrogen and oxygen atoms in total. The van der Waals surface area contributed by atoms with E-state index in [2.05, 4.69) is 53.2 Å². The number of rotatable bonds is 36. The monoisotopic (exact) mass is 1300 g/mol. The number of nitrogens with zero attached hydrogens (tertiary/aromatic N) is 1. The summed E-state index contributed by atoms with van der Waals surface area (Å²) in [5.74, 6) is -8.02. The van der Waals surface area contributed by atoms with Crippen molar-refractivity contribution in [1.29, 1.82) is 0 Å². The van der Waals surface area contributed by atoms with Crippen LogP contribution in [0.4, 0.5) is 4.79 Å². The first-order valence-corrected chi connectivity index (χ1v) is 32.6. The van der Waals surface area contributed by atoms with Crippen molar-refractivity contribution in [1.82, 2.24) is 58.1 Å². The van der Waals surface area contributed by atoms with Gasteiger partial charge < -0.3 is 79.3 Å². The fourth-order valence-electron chi connectivity index (χ4n) is 9.94. The largest absolute Gasteiger partial charge is 0.469 e. The van der Waals surface area contributed by atoms with Gasteiger partial charge in [-0.3, -0.25) is 57.3 Å². The maximum atomic E-state index is 14.5. The Morgan fingerprint density at radius 1 is 0.697 bits per heavy atom. The zero-order valence-corrected chi connectivity index (χ0v) is 52.9. The molecule has 13 amide bonds. The lowest BCUT2D eigenvalue weighted by Gasteiger charge is -2.33. The van der Waals surface area contributed by atoms with Gasteiger partial charge in [-0.2, -0.15) is 11.8 Å². The van der Waals surface area contributed by atoms with Gasteiger partial charge in [0.2, 0.25) is 65.0 Å². The summed E-state index contributed by atoms with van der Waals surface area (Å²) >= 11 is 3.01. The van der Waals surface area contributed by atoms with Crippen LogP contribution in [0.1, 0.15) is 103 Å². The number of thioether (sulfide) groups is 1. The number of likely N-dealkylation sites (N-methyl/N-ethyl adjacent to an activating group) is 1. The second-order valence-corrected chi connectivity index (χ2v) is 25.6. The van der Waals surface area contributed by atoms with E-state index >= 15 is 0 Å². The average Bonchev–Trinajstić information content (AvgIpc) is 3.90. The molecule has 2 saturated heterocycles. The third kappa shape index (κ3) is 23.3. The van der Waals surface area contributed by atoms with Gasteiger partial charge in [-0.1, -0.05) is 55.0 Å². The predicted molar refractivity (Wildman–Crippen MR) is 329 cm³/mol. The normalized spacial score (nSPS) is 18.2. The highest BCUT2D eigenvalue weighted by atomic mass is 32.2. The van der Waals surface area contributed by atoms with Crippen LogP contribution in [0, 0.1) is 0 Å². The van der Waals surface area contributed by atoms with E-state index < -0.39 is 121 Å². The molecule has 0 saturated carbocycles. The molecule has 0 aliphatic carbocycles. The van der Waals surface area contributed by atoms with Crippen LogP contribution in [-0.4, -0.2) is 177 Å². The van der Waals surface area contributed by atoms with Crippen molar-refractivity contribution in [3.63, 3.8) is 0 Å². The second kappa shape index (κ2) is 34.3. The van der Waals surface area contributed by atoms with Gasteiger partial charge >= 0.3 is 13.9 Å². The minimum absolute atomic E-state index is 0.0986. The molecule has 0 radical (unpaired) electrons. The molecule has 3 aromatic rings. The lowest BCUT2D eigenvalue weighted by molar-refractivity contribution is -0.144. The first-order valence-electron chi connectivity index (χ1n) is 29.1. The molecule has 3 heterocycles. The van der Waals surface area contributed by atoms with Crippen molar-refractivity contribution in [3.8, 4) is 0 Å². The quantitative estimate of drug-likeness (QED) is 0.0193. The summed E-state index contributed by atoms with van der Waals surface area (Å²) in [5.41, 5.74) is 11.4. The molecular weight excluding hydrogens is 1220 g/mol. The SMILES string of the molecule is CC(=O)N[C@@H](CCCCNC(=O)CCCC[C@@H]1SC[C@@H]2NC(=O)N[C@@H]21)C(=O)N[C@@H](C)C(=O)N[C@@H](C)C(=O)N[C@@H](Cc1cccs1)C(=O)N[C@H](C(=O)N(C)[C@@H](C)C(=O)N[C@@H](Cc1ccc2ccccc2c1)C(=O)N[C@@H](CCC(N)=O)C(N)=O)[C@H](C)OP(=O)(O)O. The number of nitrogens with one attached hydrogen (secondary N) is 10. The molecule has 89 heavy (non-hydrogen) atoms. The van der Waals surface area contributed by atoms with Crippen LogP contribution in [0.3, 0.4) is 0 Å². The summed E-state index contributed by atoms with van der Waals surface area (Å²) in [5, 5.41) is 30.0. The first kappa shape index (κ1) is 72.0. The Hall–Kier alpha value is -7.70. The molecule has 0 bridgehead atoms. The highest BCUT2D eigenvalue weighted by molar-refractivity contribution is 8.00. The Morgan fingerprint density at radius 3 is 1.98 bits per heavy atom. The van der Waals surface area contributed by atoms with Crippen LogP contribution in [0.15, 0.2) is 60.0 Å². The van der Waals surface area contributed by atoms with E-state index in [1.54, 1.807) is 41.8 Å². The molecular formula is C57H82N13O16PS2. The predicted octanol–water partition coefficient (Wildman–Crippen LogP) is -0.752. The maximum absolute atomic E-state index is 14.5. The van der Waals surface area contributed by atoms with Crippen molar-refractivity contribution >= 4 is 113 Å². The molecule has 2 aliphatic heterocycles. The lowest BCUT2D eigenvalue weighted by atomic mass is 10.00. The van der Waals surface area contributed by atoms with Gasteiger partial charge in [-0.25, -0.2) is 9.36 Å². The lowest BCUT2D eigenvalue weighted by Crippen LogP contribution is -2.62. The third-order valence-corrected chi connectivity index (χ3v) is 18.0. The van der Waals surface area contributed by atoms with E-state index in [1.165, 1.54) is 39.0 Å². The van der Waals surface area contributed by atoms with Gasteiger partial charge in [-0.15, -0.1) is 11.3 Å². The summed E-state index contributed by atoms with van der Waals surface area (Å²) < 4.78 is 17.1.